The summed E-state index contributed by atoms with van der Waals surface area (Å²) in [4.78, 5) is 0. The van der Waals surface area contributed by atoms with Gasteiger partial charge in [0.2, 0.25) is 0 Å². The minimum Gasteiger partial charge on any atom is -0.309 e. The van der Waals surface area contributed by atoms with Gasteiger partial charge in [-0.25, -0.2) is 0 Å². The van der Waals surface area contributed by atoms with Crippen molar-refractivity contribution >= 4 is 65.4 Å². The quantitative estimate of drug-likeness (QED) is 0.167. The first kappa shape index (κ1) is 17.9. The van der Waals surface area contributed by atoms with Gasteiger partial charge in [0.15, 0.2) is 0 Å². The third-order valence-electron chi connectivity index (χ3n) is 10.3. The number of fused-ring (bicyclic) bond motifs is 9. The average Bonchev–Trinajstić information content (AvgIpc) is 4.01. The molecule has 57 heavy (non-hydrogen) atoms. The molecule has 0 amide bonds. The van der Waals surface area contributed by atoms with E-state index in [1.807, 2.05) is 18.2 Å². The zero-order chi connectivity index (χ0) is 54.9. The third kappa shape index (κ3) is 4.73. The monoisotopic (exact) mass is 745 g/mol. The molecule has 0 N–H and O–H groups in total. The van der Waals surface area contributed by atoms with Crippen molar-refractivity contribution in [2.75, 3.05) is 0 Å². The number of para-hydroxylation sites is 6. The molecule has 0 saturated heterocycles. The van der Waals surface area contributed by atoms with E-state index < -0.39 is 148 Å². The molecule has 3 aromatic heterocycles. The summed E-state index contributed by atoms with van der Waals surface area (Å²) in [5, 5.41) is -1.30. The molecular weight excluding hydrogens is 691 g/mol. The molecule has 0 spiro atoms. The van der Waals surface area contributed by atoms with Crippen molar-refractivity contribution in [1.29, 1.82) is 0 Å². The number of aromatic nitrogens is 3. The van der Waals surface area contributed by atoms with Gasteiger partial charge in [-0.05, 0) is 83.2 Å². The van der Waals surface area contributed by atoms with E-state index in [2.05, 4.69) is 0 Å². The van der Waals surface area contributed by atoms with Crippen LogP contribution in [0.15, 0.2) is 212 Å². The van der Waals surface area contributed by atoms with Gasteiger partial charge >= 0.3 is 0 Å². The Morgan fingerprint density at radius 2 is 0.842 bits per heavy atom. The summed E-state index contributed by atoms with van der Waals surface area (Å²) < 4.78 is 191. The molecule has 0 aliphatic carbocycles. The Balaban J connectivity index is 1.28. The second-order valence-electron chi connectivity index (χ2n) is 13.4. The SMILES string of the molecule is [2H]c1cc2c3c([2H])c([2H])c([2H])c(-n4c5c([2H])c([2H])c([2H])c([2H])c5c5c([2H])c(-c6c([2H])c([2H])c7c(c6[2H])c6c([2H])c([2H])c([2H])c([2H])c6n7-c6ccccc6-c6ccccc6)c([2H])c([2H])c54)c3n(-c3ccccc3)c2c([2H])c1[2H]. The molecule has 0 atom stereocenters. The zero-order valence-corrected chi connectivity index (χ0v) is 29.5. The van der Waals surface area contributed by atoms with E-state index in [0.29, 0.717) is 22.5 Å². The summed E-state index contributed by atoms with van der Waals surface area (Å²) in [5.74, 6) is 0. The predicted molar refractivity (Wildman–Crippen MR) is 240 cm³/mol. The van der Waals surface area contributed by atoms with Gasteiger partial charge in [0, 0.05) is 43.6 Å². The molecule has 0 aliphatic rings. The molecule has 12 aromatic rings. The van der Waals surface area contributed by atoms with Crippen LogP contribution in [0.3, 0.4) is 0 Å². The summed E-state index contributed by atoms with van der Waals surface area (Å²) >= 11 is 0. The maximum atomic E-state index is 10.1. The van der Waals surface area contributed by atoms with Crippen molar-refractivity contribution in [1.82, 2.24) is 13.7 Å². The third-order valence-corrected chi connectivity index (χ3v) is 10.3. The van der Waals surface area contributed by atoms with Crippen molar-refractivity contribution in [3.8, 4) is 39.3 Å². The highest BCUT2D eigenvalue weighted by atomic mass is 15.1. The minimum absolute atomic E-state index is 0.00678. The molecule has 0 radical (unpaired) electrons. The minimum atomic E-state index is -0.844. The topological polar surface area (TPSA) is 14.8 Å². The van der Waals surface area contributed by atoms with E-state index in [4.69, 9.17) is 8.22 Å². The molecule has 0 saturated carbocycles. The van der Waals surface area contributed by atoms with Crippen molar-refractivity contribution in [2.24, 2.45) is 0 Å². The van der Waals surface area contributed by atoms with E-state index in [-0.39, 0.29) is 55.3 Å². The molecule has 9 aromatic carbocycles. The molecule has 3 nitrogen and oxygen atoms in total. The van der Waals surface area contributed by atoms with Crippen molar-refractivity contribution in [3.05, 3.63) is 212 Å². The van der Waals surface area contributed by atoms with Gasteiger partial charge in [0.1, 0.15) is 0 Å². The molecule has 0 aliphatic heterocycles. The van der Waals surface area contributed by atoms with Gasteiger partial charge in [-0.2, -0.15) is 0 Å². The molecule has 0 bridgehead atoms. The highest BCUT2D eigenvalue weighted by molar-refractivity contribution is 6.16. The average molecular weight is 746 g/mol. The number of hydrogen-bond acceptors (Lipinski definition) is 0. The van der Waals surface area contributed by atoms with Crippen LogP contribution in [0.25, 0.3) is 105 Å². The predicted octanol–water partition coefficient (Wildman–Crippen LogP) is 14.3. The normalized spacial score (nSPS) is 16.8. The van der Waals surface area contributed by atoms with Gasteiger partial charge < -0.3 is 13.7 Å². The summed E-state index contributed by atoms with van der Waals surface area (Å²) in [6, 6.07) is 12.5. The summed E-state index contributed by atoms with van der Waals surface area (Å²) in [6.07, 6.45) is 0. The Morgan fingerprint density at radius 1 is 0.316 bits per heavy atom. The lowest BCUT2D eigenvalue weighted by molar-refractivity contribution is 1.13. The van der Waals surface area contributed by atoms with Crippen LogP contribution in [0.4, 0.5) is 0 Å². The molecule has 3 heterocycles. The Morgan fingerprint density at radius 3 is 1.53 bits per heavy atom. The number of hydrogen-bond donors (Lipinski definition) is 0. The lowest BCUT2D eigenvalue weighted by Crippen LogP contribution is -2.00. The van der Waals surface area contributed by atoms with Crippen LogP contribution in [-0.4, -0.2) is 13.7 Å². The number of nitrogens with zero attached hydrogens (tertiary/aromatic N) is 3. The van der Waals surface area contributed by atoms with E-state index >= 15 is 0 Å². The van der Waals surface area contributed by atoms with Crippen molar-refractivity contribution in [3.63, 3.8) is 0 Å². The molecule has 3 heteroatoms. The van der Waals surface area contributed by atoms with E-state index in [1.165, 1.54) is 15.2 Å². The fourth-order valence-corrected chi connectivity index (χ4v) is 7.89. The van der Waals surface area contributed by atoms with Crippen LogP contribution in [-0.2, 0) is 0 Å². The second-order valence-corrected chi connectivity index (χ2v) is 13.4. The Labute approximate surface area is 357 Å². The van der Waals surface area contributed by atoms with Gasteiger partial charge in [-0.1, -0.05) is 145 Å². The van der Waals surface area contributed by atoms with Gasteiger partial charge in [0.25, 0.3) is 0 Å². The van der Waals surface area contributed by atoms with Crippen LogP contribution in [0.2, 0.25) is 0 Å². The van der Waals surface area contributed by atoms with E-state index in [9.17, 15) is 19.2 Å². The number of benzene rings is 9. The Bertz CT molecular complexity index is 4680. The van der Waals surface area contributed by atoms with Crippen LogP contribution in [0.5, 0.6) is 0 Å². The first-order chi connectivity index (χ1) is 36.6. The standard InChI is InChI=1S/C54H35N3/c1-3-16-36(17-4-1)40-20-7-11-25-47(40)56-49-27-13-9-22-42(49)45-34-37(30-32-51(45)56)38-31-33-52-46(35-38)43-23-10-14-28-50(43)57(52)53-29-15-24-44-41-21-8-12-26-48(41)55(54(44)53)39-18-5-2-6-19-39/h1-35H/i8D,9D,10D,12D,13D,14D,15D,22D,23D,24D,26D,27D,28D,29D,30D,31D,32D,33D,34D,35D. The van der Waals surface area contributed by atoms with Gasteiger partial charge in [-0.15, -0.1) is 0 Å². The molecule has 0 unspecified atom stereocenters. The lowest BCUT2D eigenvalue weighted by Gasteiger charge is -2.14. The maximum absolute atomic E-state index is 10.1. The van der Waals surface area contributed by atoms with Crippen LogP contribution < -0.4 is 0 Å². The van der Waals surface area contributed by atoms with Gasteiger partial charge in [-0.3, -0.25) is 0 Å². The van der Waals surface area contributed by atoms with Crippen LogP contribution in [0.1, 0.15) is 27.4 Å². The first-order valence-electron chi connectivity index (χ1n) is 28.0. The summed E-state index contributed by atoms with van der Waals surface area (Å²) in [5.41, 5.74) is -0.921. The van der Waals surface area contributed by atoms with Crippen LogP contribution >= 0.6 is 0 Å². The lowest BCUT2D eigenvalue weighted by atomic mass is 10.0. The second kappa shape index (κ2) is 12.5. The molecular formula is C54H35N3. The highest BCUT2D eigenvalue weighted by Crippen LogP contribution is 2.42. The smallest absolute Gasteiger partial charge is 0.0782 e. The Kier molecular flexibility index (Phi) is 3.91. The maximum Gasteiger partial charge on any atom is 0.0782 e. The van der Waals surface area contributed by atoms with Crippen molar-refractivity contribution < 1.29 is 27.4 Å². The largest absolute Gasteiger partial charge is 0.309 e. The van der Waals surface area contributed by atoms with Crippen LogP contribution in [0, 0.1) is 0 Å². The highest BCUT2D eigenvalue weighted by Gasteiger charge is 2.21. The molecule has 0 fully saturated rings. The fourth-order valence-electron chi connectivity index (χ4n) is 7.89. The number of rotatable bonds is 5. The van der Waals surface area contributed by atoms with E-state index in [0.717, 1.165) is 4.57 Å². The molecule has 266 valence electrons. The van der Waals surface area contributed by atoms with Crippen molar-refractivity contribution in [2.45, 2.75) is 0 Å². The first-order valence-corrected chi connectivity index (χ1v) is 18.0. The summed E-state index contributed by atoms with van der Waals surface area (Å²) in [7, 11) is 0. The van der Waals surface area contributed by atoms with Gasteiger partial charge in [0.05, 0.1) is 71.9 Å². The summed E-state index contributed by atoms with van der Waals surface area (Å²) in [6.45, 7) is 0. The molecule has 12 rings (SSSR count). The Hall–Kier alpha value is -7.62. The van der Waals surface area contributed by atoms with E-state index in [1.54, 1.807) is 66.7 Å². The zero-order valence-electron chi connectivity index (χ0n) is 49.5. The fraction of sp³-hybridized carbons (Fsp3) is 0.